The van der Waals surface area contributed by atoms with Gasteiger partial charge in [-0.25, -0.2) is 0 Å². The highest BCUT2D eigenvalue weighted by Crippen LogP contribution is 2.61. The Morgan fingerprint density at radius 1 is 0.417 bits per heavy atom. The summed E-state index contributed by atoms with van der Waals surface area (Å²) >= 11 is 0. The molecule has 0 heterocycles. The number of rotatable bonds is 2. The molecule has 6 rings (SSSR count). The van der Waals surface area contributed by atoms with E-state index in [-0.39, 0.29) is 11.8 Å². The molecular weight excluding hydrogens is 432 g/mol. The van der Waals surface area contributed by atoms with E-state index >= 15 is 0 Å². The van der Waals surface area contributed by atoms with Crippen LogP contribution in [-0.4, -0.2) is 0 Å². The predicted octanol–water partition coefficient (Wildman–Crippen LogP) is 9.25. The van der Waals surface area contributed by atoms with Crippen LogP contribution in [-0.2, 0) is 0 Å². The van der Waals surface area contributed by atoms with E-state index in [0.29, 0.717) is 0 Å². The quantitative estimate of drug-likeness (QED) is 0.275. The van der Waals surface area contributed by atoms with E-state index < -0.39 is 0 Å². The Morgan fingerprint density at radius 2 is 0.778 bits per heavy atom. The van der Waals surface area contributed by atoms with Crippen LogP contribution in [0.2, 0.25) is 0 Å². The zero-order chi connectivity index (χ0) is 25.5. The van der Waals surface area contributed by atoms with Crippen molar-refractivity contribution in [1.82, 2.24) is 0 Å². The molecule has 2 aliphatic carbocycles. The minimum Gasteiger partial charge on any atom is -0.0587 e. The van der Waals surface area contributed by atoms with Crippen molar-refractivity contribution in [2.24, 2.45) is 0 Å². The van der Waals surface area contributed by atoms with Crippen molar-refractivity contribution in [2.45, 2.75) is 67.2 Å². The number of allylic oxidation sites excluding steroid dienone is 1. The maximum Gasteiger partial charge on any atom is 0.0329 e. The molecule has 0 nitrogen and oxygen atoms in total. The van der Waals surface area contributed by atoms with Crippen LogP contribution in [0.25, 0.3) is 5.57 Å². The second-order valence-corrected chi connectivity index (χ2v) is 11.5. The summed E-state index contributed by atoms with van der Waals surface area (Å²) in [6.07, 6.45) is 0. The molecule has 0 saturated carbocycles. The van der Waals surface area contributed by atoms with E-state index in [1.807, 2.05) is 0 Å². The summed E-state index contributed by atoms with van der Waals surface area (Å²) < 4.78 is 0. The highest BCUT2D eigenvalue weighted by atomic mass is 14.5. The van der Waals surface area contributed by atoms with Gasteiger partial charge in [0, 0.05) is 11.8 Å². The van der Waals surface area contributed by atoms with E-state index in [4.69, 9.17) is 0 Å². The number of hydrogen-bond donors (Lipinski definition) is 0. The number of aryl methyl sites for hydroxylation is 8. The van der Waals surface area contributed by atoms with Crippen LogP contribution in [0, 0.1) is 55.4 Å². The highest BCUT2D eigenvalue weighted by Gasteiger charge is 2.45. The maximum atomic E-state index is 2.46. The van der Waals surface area contributed by atoms with Crippen molar-refractivity contribution in [1.29, 1.82) is 0 Å². The van der Waals surface area contributed by atoms with Gasteiger partial charge < -0.3 is 0 Å². The summed E-state index contributed by atoms with van der Waals surface area (Å²) in [4.78, 5) is 0. The molecule has 0 aromatic heterocycles. The Kier molecular flexibility index (Phi) is 5.16. The van der Waals surface area contributed by atoms with E-state index in [9.17, 15) is 0 Å². The van der Waals surface area contributed by atoms with Gasteiger partial charge in [0.2, 0.25) is 0 Å². The van der Waals surface area contributed by atoms with Gasteiger partial charge in [-0.2, -0.15) is 0 Å². The fraction of sp³-hybridized carbons (Fsp3) is 0.278. The minimum atomic E-state index is 0.272. The van der Waals surface area contributed by atoms with Gasteiger partial charge in [0.25, 0.3) is 0 Å². The molecule has 4 aromatic carbocycles. The van der Waals surface area contributed by atoms with Crippen LogP contribution < -0.4 is 0 Å². The highest BCUT2D eigenvalue weighted by molar-refractivity contribution is 5.96. The fourth-order valence-corrected chi connectivity index (χ4v) is 7.46. The molecule has 0 unspecified atom stereocenters. The average Bonchev–Trinajstić information content (AvgIpc) is 3.25. The van der Waals surface area contributed by atoms with Gasteiger partial charge in [0.1, 0.15) is 0 Å². The van der Waals surface area contributed by atoms with Gasteiger partial charge in [0.15, 0.2) is 0 Å². The molecular formula is C36H36. The van der Waals surface area contributed by atoms with Gasteiger partial charge in [-0.3, -0.25) is 0 Å². The molecule has 0 aliphatic heterocycles. The Hall–Kier alpha value is -3.38. The Bertz CT molecular complexity index is 1440. The molecule has 0 spiro atoms. The summed E-state index contributed by atoms with van der Waals surface area (Å²) in [6.45, 7) is 18.2. The fourth-order valence-electron chi connectivity index (χ4n) is 7.46. The molecule has 0 heteroatoms. The first-order valence-electron chi connectivity index (χ1n) is 13.3. The number of hydrogen-bond acceptors (Lipinski definition) is 0. The summed E-state index contributed by atoms with van der Waals surface area (Å²) in [7, 11) is 0. The lowest BCUT2D eigenvalue weighted by molar-refractivity contribution is 0.827. The van der Waals surface area contributed by atoms with Crippen LogP contribution in [0.5, 0.6) is 0 Å². The monoisotopic (exact) mass is 468 g/mol. The van der Waals surface area contributed by atoms with Gasteiger partial charge in [-0.15, -0.1) is 0 Å². The largest absolute Gasteiger partial charge is 0.0587 e. The molecule has 4 aromatic rings. The third-order valence-electron chi connectivity index (χ3n) is 8.54. The molecule has 0 radical (unpaired) electrons. The first-order valence-corrected chi connectivity index (χ1v) is 13.3. The van der Waals surface area contributed by atoms with Gasteiger partial charge in [-0.1, -0.05) is 82.9 Å². The number of benzene rings is 4. The SMILES string of the molecule is Cc1cc(C)c([C@H]2C3=C(c4ccc(C)cc42)c2ccc(C)cc2[C@H]3c2c(C)cc(C)cc2C)c(C)c1. The molecule has 0 saturated heterocycles. The summed E-state index contributed by atoms with van der Waals surface area (Å²) in [5, 5.41) is 0. The second kappa shape index (κ2) is 8.07. The van der Waals surface area contributed by atoms with Crippen LogP contribution in [0.1, 0.15) is 89.7 Å². The summed E-state index contributed by atoms with van der Waals surface area (Å²) in [5.41, 5.74) is 22.9. The Balaban J connectivity index is 1.74. The van der Waals surface area contributed by atoms with Crippen LogP contribution in [0.3, 0.4) is 0 Å². The molecule has 36 heavy (non-hydrogen) atoms. The van der Waals surface area contributed by atoms with Crippen molar-refractivity contribution in [2.75, 3.05) is 0 Å². The van der Waals surface area contributed by atoms with Crippen LogP contribution in [0.15, 0.2) is 66.2 Å². The third-order valence-corrected chi connectivity index (χ3v) is 8.54. The first kappa shape index (κ1) is 23.0. The summed E-state index contributed by atoms with van der Waals surface area (Å²) in [6, 6.07) is 23.8. The Labute approximate surface area is 216 Å². The van der Waals surface area contributed by atoms with Gasteiger partial charge >= 0.3 is 0 Å². The van der Waals surface area contributed by atoms with E-state index in [2.05, 4.69) is 116 Å². The standard InChI is InChI=1S/C36H36/c1-19-9-11-27-29(17-19)34(31-23(5)13-21(3)14-24(31)6)36-33(27)28-12-10-20(2)18-30(28)35(36)32-25(7)15-22(4)16-26(32)8/h9-18,34-35H,1-8H3/t34-,35-/m0/s1. The van der Waals surface area contributed by atoms with Gasteiger partial charge in [-0.05, 0) is 122 Å². The van der Waals surface area contributed by atoms with Crippen LogP contribution >= 0.6 is 0 Å². The first-order chi connectivity index (χ1) is 17.2. The molecule has 2 atom stereocenters. The van der Waals surface area contributed by atoms with Crippen molar-refractivity contribution >= 4 is 5.57 Å². The Morgan fingerprint density at radius 3 is 1.14 bits per heavy atom. The van der Waals surface area contributed by atoms with Crippen molar-refractivity contribution < 1.29 is 0 Å². The lowest BCUT2D eigenvalue weighted by Gasteiger charge is -2.29. The van der Waals surface area contributed by atoms with Crippen molar-refractivity contribution in [3.63, 3.8) is 0 Å². The van der Waals surface area contributed by atoms with E-state index in [0.717, 1.165) is 0 Å². The van der Waals surface area contributed by atoms with E-state index in [1.54, 1.807) is 5.57 Å². The van der Waals surface area contributed by atoms with E-state index in [1.165, 1.54) is 83.5 Å². The average molecular weight is 469 g/mol. The lowest BCUT2D eigenvalue weighted by atomic mass is 9.73. The van der Waals surface area contributed by atoms with Crippen molar-refractivity contribution in [3.8, 4) is 0 Å². The topological polar surface area (TPSA) is 0 Å². The van der Waals surface area contributed by atoms with Crippen molar-refractivity contribution in [3.05, 3.63) is 144 Å². The molecule has 0 fully saturated rings. The normalized spacial score (nSPS) is 17.9. The maximum absolute atomic E-state index is 2.46. The third kappa shape index (κ3) is 3.27. The molecule has 0 N–H and O–H groups in total. The minimum absolute atomic E-state index is 0.272. The zero-order valence-corrected chi connectivity index (χ0v) is 22.9. The summed E-state index contributed by atoms with van der Waals surface area (Å²) in [5.74, 6) is 0.543. The molecule has 0 bridgehead atoms. The van der Waals surface area contributed by atoms with Crippen LogP contribution in [0.4, 0.5) is 0 Å². The van der Waals surface area contributed by atoms with Gasteiger partial charge in [0.05, 0.1) is 0 Å². The lowest BCUT2D eigenvalue weighted by Crippen LogP contribution is -2.14. The molecule has 0 amide bonds. The predicted molar refractivity (Wildman–Crippen MR) is 153 cm³/mol. The zero-order valence-electron chi connectivity index (χ0n) is 22.9. The molecule has 180 valence electrons. The number of fused-ring (bicyclic) bond motifs is 4. The smallest absolute Gasteiger partial charge is 0.0329 e. The molecule has 2 aliphatic rings. The second-order valence-electron chi connectivity index (χ2n) is 11.5.